The molecule has 1 aromatic rings. The van der Waals surface area contributed by atoms with Gasteiger partial charge in [-0.1, -0.05) is 12.1 Å². The van der Waals surface area contributed by atoms with Gasteiger partial charge in [0.25, 0.3) is 11.8 Å². The molecule has 0 saturated carbocycles. The number of imide groups is 1. The number of thioether (sulfide) groups is 1. The minimum atomic E-state index is -0.372. The number of hydrogen-bond donors (Lipinski definition) is 0. The number of hydrogen-bond acceptors (Lipinski definition) is 6. The molecule has 0 bridgehead atoms. The number of carbonyl (C=O) groups is 3. The van der Waals surface area contributed by atoms with Crippen LogP contribution in [0.2, 0.25) is 0 Å². The highest BCUT2D eigenvalue weighted by Gasteiger charge is 2.38. The summed E-state index contributed by atoms with van der Waals surface area (Å²) in [5.74, 6) is 1.02. The molecule has 0 radical (unpaired) electrons. The van der Waals surface area contributed by atoms with Crippen molar-refractivity contribution < 1.29 is 19.1 Å². The van der Waals surface area contributed by atoms with Crippen LogP contribution in [0.1, 0.15) is 27.1 Å². The Hall–Kier alpha value is -1.90. The maximum absolute atomic E-state index is 13.1. The molecule has 1 atom stereocenters. The fraction of sp³-hybridized carbons (Fsp3) is 0.550. The Morgan fingerprint density at radius 2 is 1.75 bits per heavy atom. The maximum atomic E-state index is 13.1. The molecule has 3 aliphatic rings. The average molecular weight is 404 g/mol. The van der Waals surface area contributed by atoms with Crippen molar-refractivity contribution in [2.75, 3.05) is 57.4 Å². The summed E-state index contributed by atoms with van der Waals surface area (Å²) >= 11 is 1.87. The molecule has 0 aromatic heterocycles. The smallest absolute Gasteiger partial charge is 0.262 e. The Labute approximate surface area is 169 Å². The van der Waals surface area contributed by atoms with Crippen LogP contribution in [-0.4, -0.2) is 95.9 Å². The van der Waals surface area contributed by atoms with Gasteiger partial charge in [0.05, 0.1) is 30.4 Å². The second kappa shape index (κ2) is 8.63. The molecular formula is C20H25N3O4S. The summed E-state index contributed by atoms with van der Waals surface area (Å²) in [7, 11) is 0. The van der Waals surface area contributed by atoms with Gasteiger partial charge in [0, 0.05) is 31.9 Å². The third-order valence-corrected chi connectivity index (χ3v) is 6.70. The van der Waals surface area contributed by atoms with Gasteiger partial charge in [-0.25, -0.2) is 0 Å². The Bertz CT molecular complexity index is 731. The quantitative estimate of drug-likeness (QED) is 0.698. The topological polar surface area (TPSA) is 70.2 Å². The van der Waals surface area contributed by atoms with E-state index < -0.39 is 0 Å². The first kappa shape index (κ1) is 19.4. The minimum Gasteiger partial charge on any atom is -0.379 e. The molecule has 2 fully saturated rings. The third kappa shape index (κ3) is 3.94. The van der Waals surface area contributed by atoms with E-state index in [1.54, 1.807) is 24.3 Å². The Morgan fingerprint density at radius 1 is 1.07 bits per heavy atom. The number of rotatable bonds is 4. The second-order valence-electron chi connectivity index (χ2n) is 7.32. The molecule has 3 aliphatic heterocycles. The largest absolute Gasteiger partial charge is 0.379 e. The lowest BCUT2D eigenvalue weighted by Gasteiger charge is -2.36. The van der Waals surface area contributed by atoms with Crippen LogP contribution < -0.4 is 0 Å². The average Bonchev–Trinajstić information content (AvgIpc) is 2.88. The number of morpholine rings is 1. The summed E-state index contributed by atoms with van der Waals surface area (Å²) in [5.41, 5.74) is 0.771. The molecule has 8 heteroatoms. The zero-order valence-electron chi connectivity index (χ0n) is 15.8. The van der Waals surface area contributed by atoms with E-state index in [0.717, 1.165) is 55.7 Å². The van der Waals surface area contributed by atoms with E-state index in [9.17, 15) is 14.4 Å². The standard InChI is InChI=1S/C20H25N3O4S/c24-18(13-23-19(25)16-4-1-2-5-17(16)20(23)26)22-6-3-11-28-14-15(22)12-21-7-9-27-10-8-21/h1-2,4-5,15H,3,6-14H2. The van der Waals surface area contributed by atoms with Crippen molar-refractivity contribution in [1.82, 2.24) is 14.7 Å². The van der Waals surface area contributed by atoms with E-state index in [-0.39, 0.29) is 30.3 Å². The summed E-state index contributed by atoms with van der Waals surface area (Å²) < 4.78 is 5.42. The molecule has 28 heavy (non-hydrogen) atoms. The molecule has 2 saturated heterocycles. The van der Waals surface area contributed by atoms with Crippen molar-refractivity contribution in [2.24, 2.45) is 0 Å². The van der Waals surface area contributed by atoms with E-state index >= 15 is 0 Å². The molecule has 1 aromatic carbocycles. The molecule has 3 amide bonds. The fourth-order valence-corrected chi connectivity index (χ4v) is 5.06. The van der Waals surface area contributed by atoms with Crippen LogP contribution in [0, 0.1) is 0 Å². The maximum Gasteiger partial charge on any atom is 0.262 e. The van der Waals surface area contributed by atoms with Crippen molar-refractivity contribution in [3.05, 3.63) is 35.4 Å². The lowest BCUT2D eigenvalue weighted by atomic mass is 10.1. The van der Waals surface area contributed by atoms with Gasteiger partial charge < -0.3 is 9.64 Å². The Morgan fingerprint density at radius 3 is 2.43 bits per heavy atom. The van der Waals surface area contributed by atoms with E-state index in [4.69, 9.17) is 4.74 Å². The van der Waals surface area contributed by atoms with Crippen molar-refractivity contribution >= 4 is 29.5 Å². The molecule has 0 N–H and O–H groups in total. The zero-order valence-corrected chi connectivity index (χ0v) is 16.7. The van der Waals surface area contributed by atoms with Crippen LogP contribution in [0.25, 0.3) is 0 Å². The van der Waals surface area contributed by atoms with Crippen LogP contribution in [0.5, 0.6) is 0 Å². The first-order chi connectivity index (χ1) is 13.6. The number of nitrogens with zero attached hydrogens (tertiary/aromatic N) is 3. The molecule has 7 nitrogen and oxygen atoms in total. The lowest BCUT2D eigenvalue weighted by molar-refractivity contribution is -0.134. The van der Waals surface area contributed by atoms with Crippen molar-refractivity contribution in [1.29, 1.82) is 0 Å². The second-order valence-corrected chi connectivity index (χ2v) is 8.47. The van der Waals surface area contributed by atoms with Gasteiger partial charge in [0.2, 0.25) is 5.91 Å². The summed E-state index contributed by atoms with van der Waals surface area (Å²) in [4.78, 5) is 43.6. The van der Waals surface area contributed by atoms with Crippen molar-refractivity contribution in [3.8, 4) is 0 Å². The third-order valence-electron chi connectivity index (χ3n) is 5.50. The molecule has 1 unspecified atom stereocenters. The summed E-state index contributed by atoms with van der Waals surface area (Å²) in [6.45, 7) is 4.50. The zero-order chi connectivity index (χ0) is 19.5. The molecular weight excluding hydrogens is 378 g/mol. The van der Waals surface area contributed by atoms with Crippen LogP contribution in [0.4, 0.5) is 0 Å². The van der Waals surface area contributed by atoms with Crippen molar-refractivity contribution in [2.45, 2.75) is 12.5 Å². The summed E-state index contributed by atoms with van der Waals surface area (Å²) in [6.07, 6.45) is 0.929. The predicted molar refractivity (Wildman–Crippen MR) is 107 cm³/mol. The minimum absolute atomic E-state index is 0.0910. The first-order valence-corrected chi connectivity index (χ1v) is 10.9. The van der Waals surface area contributed by atoms with E-state index in [1.165, 1.54) is 0 Å². The molecule has 3 heterocycles. The van der Waals surface area contributed by atoms with Crippen molar-refractivity contribution in [3.63, 3.8) is 0 Å². The molecule has 0 spiro atoms. The number of carbonyl (C=O) groups excluding carboxylic acids is 3. The Kier molecular flexibility index (Phi) is 5.99. The fourth-order valence-electron chi connectivity index (χ4n) is 4.00. The van der Waals surface area contributed by atoms with E-state index in [1.807, 2.05) is 16.7 Å². The first-order valence-electron chi connectivity index (χ1n) is 9.77. The van der Waals surface area contributed by atoms with Gasteiger partial charge >= 0.3 is 0 Å². The van der Waals surface area contributed by atoms with Crippen LogP contribution in [0.3, 0.4) is 0 Å². The van der Waals surface area contributed by atoms with Crippen LogP contribution in [0.15, 0.2) is 24.3 Å². The van der Waals surface area contributed by atoms with Crippen LogP contribution >= 0.6 is 11.8 Å². The molecule has 150 valence electrons. The molecule has 4 rings (SSSR count). The number of fused-ring (bicyclic) bond motifs is 1. The van der Waals surface area contributed by atoms with E-state index in [2.05, 4.69) is 4.90 Å². The van der Waals surface area contributed by atoms with Gasteiger partial charge in [-0.3, -0.25) is 24.2 Å². The Balaban J connectivity index is 1.46. The highest BCUT2D eigenvalue weighted by atomic mass is 32.2. The summed E-state index contributed by atoms with van der Waals surface area (Å²) in [6, 6.07) is 6.85. The van der Waals surface area contributed by atoms with Gasteiger partial charge in [-0.05, 0) is 24.3 Å². The SMILES string of the molecule is O=C1c2ccccc2C(=O)N1CC(=O)N1CCCSCC1CN1CCOCC1. The number of amides is 3. The van der Waals surface area contributed by atoms with Gasteiger partial charge in [-0.2, -0.15) is 11.8 Å². The number of benzene rings is 1. The van der Waals surface area contributed by atoms with Crippen LogP contribution in [-0.2, 0) is 9.53 Å². The summed E-state index contributed by atoms with van der Waals surface area (Å²) in [5, 5.41) is 0. The lowest BCUT2D eigenvalue weighted by Crippen LogP contribution is -2.53. The van der Waals surface area contributed by atoms with Gasteiger partial charge in [0.15, 0.2) is 0 Å². The highest BCUT2D eigenvalue weighted by molar-refractivity contribution is 7.99. The van der Waals surface area contributed by atoms with E-state index in [0.29, 0.717) is 17.7 Å². The highest BCUT2D eigenvalue weighted by Crippen LogP contribution is 2.23. The van der Waals surface area contributed by atoms with Gasteiger partial charge in [0.1, 0.15) is 6.54 Å². The monoisotopic (exact) mass is 403 g/mol. The number of ether oxygens (including phenoxy) is 1. The normalized spacial score (nSPS) is 23.6. The molecule has 0 aliphatic carbocycles. The van der Waals surface area contributed by atoms with Gasteiger partial charge in [-0.15, -0.1) is 0 Å². The predicted octanol–water partition coefficient (Wildman–Crippen LogP) is 0.949.